The van der Waals surface area contributed by atoms with Crippen molar-refractivity contribution in [1.29, 1.82) is 0 Å². The number of hydrogen-bond acceptors (Lipinski definition) is 9. The van der Waals surface area contributed by atoms with Crippen LogP contribution in [0.5, 0.6) is 0 Å². The quantitative estimate of drug-likeness (QED) is 0.422. The number of piperazine rings is 1. The standard InChI is InChI=1S/C25H30F2N8O2.ClH/c1-16-17(3-2-4-32-5-7-33(8-6-32)20-10-18(26)9-19(27)11-20)13-29-35(16)24-12-23(30-25(28)31-24)34-14-21(36)22(37)15-34;/h2-3,9-13,21-22,36-37H,4-8,14-15H2,1H3,(H2,28,30,31);1H/t21-,22-;/m0./s1. The van der Waals surface area contributed by atoms with Gasteiger partial charge in [-0.1, -0.05) is 12.2 Å². The fourth-order valence-corrected chi connectivity index (χ4v) is 4.72. The number of nitrogens with two attached hydrogens (primary N) is 1. The first kappa shape index (κ1) is 27.7. The van der Waals surface area contributed by atoms with Crippen LogP contribution in [0.2, 0.25) is 0 Å². The third-order valence-electron chi connectivity index (χ3n) is 6.81. The number of aliphatic hydroxyl groups is 2. The Labute approximate surface area is 225 Å². The van der Waals surface area contributed by atoms with Gasteiger partial charge in [0.2, 0.25) is 5.95 Å². The molecule has 1 aromatic carbocycles. The van der Waals surface area contributed by atoms with Gasteiger partial charge >= 0.3 is 0 Å². The summed E-state index contributed by atoms with van der Waals surface area (Å²) in [5.74, 6) is -0.0299. The second-order valence-electron chi connectivity index (χ2n) is 9.40. The number of halogens is 3. The summed E-state index contributed by atoms with van der Waals surface area (Å²) >= 11 is 0. The number of aliphatic hydroxyl groups excluding tert-OH is 2. The first-order valence-electron chi connectivity index (χ1n) is 12.2. The molecule has 4 heterocycles. The van der Waals surface area contributed by atoms with Gasteiger partial charge in [-0.05, 0) is 19.1 Å². The maximum atomic E-state index is 13.5. The van der Waals surface area contributed by atoms with E-state index in [2.05, 4.69) is 26.0 Å². The van der Waals surface area contributed by atoms with Crippen molar-refractivity contribution in [3.05, 3.63) is 59.4 Å². The van der Waals surface area contributed by atoms with Crippen LogP contribution in [0.4, 0.5) is 26.2 Å². The second-order valence-corrected chi connectivity index (χ2v) is 9.40. The van der Waals surface area contributed by atoms with Crippen LogP contribution < -0.4 is 15.5 Å². The van der Waals surface area contributed by atoms with E-state index in [9.17, 15) is 19.0 Å². The molecular weight excluding hydrogens is 518 g/mol. The number of anilines is 3. The lowest BCUT2D eigenvalue weighted by Crippen LogP contribution is -2.46. The number of rotatable bonds is 6. The number of aromatic nitrogens is 4. The molecule has 2 saturated heterocycles. The molecule has 2 fully saturated rings. The molecule has 0 amide bonds. The number of nitrogens with zero attached hydrogens (tertiary/aromatic N) is 7. The first-order valence-corrected chi connectivity index (χ1v) is 12.2. The van der Waals surface area contributed by atoms with E-state index in [1.807, 2.05) is 17.9 Å². The Balaban J connectivity index is 0.00000336. The van der Waals surface area contributed by atoms with Crippen LogP contribution in [0.15, 0.2) is 36.5 Å². The number of β-amino-alcohol motifs (C(OH)–C–C–N with tert-alkyl or cyclic N) is 2. The number of benzene rings is 1. The smallest absolute Gasteiger partial charge is 0.224 e. The van der Waals surface area contributed by atoms with Crippen molar-refractivity contribution in [1.82, 2.24) is 24.6 Å². The molecular formula is C25H31ClF2N8O2. The summed E-state index contributed by atoms with van der Waals surface area (Å²) in [5, 5.41) is 24.2. The third kappa shape index (κ3) is 6.04. The number of hydrogen-bond donors (Lipinski definition) is 3. The highest BCUT2D eigenvalue weighted by molar-refractivity contribution is 5.85. The summed E-state index contributed by atoms with van der Waals surface area (Å²) in [6.07, 6.45) is 4.15. The first-order chi connectivity index (χ1) is 17.8. The van der Waals surface area contributed by atoms with E-state index in [0.29, 0.717) is 30.4 Å². The van der Waals surface area contributed by atoms with E-state index >= 15 is 0 Å². The fourth-order valence-electron chi connectivity index (χ4n) is 4.72. The minimum absolute atomic E-state index is 0. The largest absolute Gasteiger partial charge is 0.389 e. The normalized spacial score (nSPS) is 20.3. The molecule has 0 bridgehead atoms. The molecule has 0 radical (unpaired) electrons. The minimum Gasteiger partial charge on any atom is -0.389 e. The van der Waals surface area contributed by atoms with Gasteiger partial charge in [0, 0.05) is 69.2 Å². The van der Waals surface area contributed by atoms with Crippen LogP contribution in [-0.2, 0) is 0 Å². The van der Waals surface area contributed by atoms with Crippen LogP contribution in [0.1, 0.15) is 11.3 Å². The molecule has 2 aromatic heterocycles. The maximum absolute atomic E-state index is 13.5. The Morgan fingerprint density at radius 1 is 0.947 bits per heavy atom. The highest BCUT2D eigenvalue weighted by Gasteiger charge is 2.31. The minimum atomic E-state index is -0.838. The molecule has 204 valence electrons. The van der Waals surface area contributed by atoms with Gasteiger partial charge in [0.15, 0.2) is 5.82 Å². The van der Waals surface area contributed by atoms with Crippen LogP contribution in [0.25, 0.3) is 11.9 Å². The van der Waals surface area contributed by atoms with Crippen LogP contribution >= 0.6 is 12.4 Å². The van der Waals surface area contributed by atoms with Crippen molar-refractivity contribution in [2.75, 3.05) is 61.3 Å². The highest BCUT2D eigenvalue weighted by Crippen LogP contribution is 2.23. The van der Waals surface area contributed by atoms with Crippen molar-refractivity contribution in [2.45, 2.75) is 19.1 Å². The predicted octanol–water partition coefficient (Wildman–Crippen LogP) is 1.63. The van der Waals surface area contributed by atoms with Gasteiger partial charge in [-0.3, -0.25) is 4.90 Å². The molecule has 5 rings (SSSR count). The second kappa shape index (κ2) is 11.6. The van der Waals surface area contributed by atoms with Crippen molar-refractivity contribution >= 4 is 35.9 Å². The van der Waals surface area contributed by atoms with Gasteiger partial charge in [0.1, 0.15) is 17.5 Å². The van der Waals surface area contributed by atoms with Crippen LogP contribution in [-0.4, -0.2) is 92.9 Å². The molecule has 13 heteroatoms. The molecule has 2 atom stereocenters. The van der Waals surface area contributed by atoms with Gasteiger partial charge in [0.05, 0.1) is 24.1 Å². The van der Waals surface area contributed by atoms with Gasteiger partial charge in [-0.25, -0.2) is 13.5 Å². The summed E-state index contributed by atoms with van der Waals surface area (Å²) in [4.78, 5) is 14.6. The molecule has 2 aliphatic heterocycles. The van der Waals surface area contributed by atoms with E-state index < -0.39 is 23.8 Å². The van der Waals surface area contributed by atoms with Gasteiger partial charge in [-0.15, -0.1) is 12.4 Å². The highest BCUT2D eigenvalue weighted by atomic mass is 35.5. The maximum Gasteiger partial charge on any atom is 0.224 e. The third-order valence-corrected chi connectivity index (χ3v) is 6.81. The zero-order valence-electron chi connectivity index (χ0n) is 20.9. The molecule has 0 saturated carbocycles. The molecule has 0 aliphatic carbocycles. The Bertz CT molecular complexity index is 1270. The summed E-state index contributed by atoms with van der Waals surface area (Å²) < 4.78 is 28.8. The van der Waals surface area contributed by atoms with Gasteiger partial charge in [0.25, 0.3) is 0 Å². The lowest BCUT2D eigenvalue weighted by Gasteiger charge is -2.35. The average molecular weight is 549 g/mol. The van der Waals surface area contributed by atoms with E-state index in [0.717, 1.165) is 37.0 Å². The van der Waals surface area contributed by atoms with Crippen LogP contribution in [0, 0.1) is 18.6 Å². The Kier molecular flexibility index (Phi) is 8.46. The Hall–Kier alpha value is -3.32. The SMILES string of the molecule is Cc1c(C=CCN2CCN(c3cc(F)cc(F)c3)CC2)cnn1-c1cc(N2C[C@H](O)[C@@H](O)C2)nc(N)n1.Cl. The molecule has 0 spiro atoms. The van der Waals surface area contributed by atoms with E-state index in [1.54, 1.807) is 21.8 Å². The lowest BCUT2D eigenvalue weighted by molar-refractivity contribution is 0.0572. The molecule has 3 aromatic rings. The predicted molar refractivity (Wildman–Crippen MR) is 144 cm³/mol. The monoisotopic (exact) mass is 548 g/mol. The van der Waals surface area contributed by atoms with Crippen LogP contribution in [0.3, 0.4) is 0 Å². The molecule has 2 aliphatic rings. The van der Waals surface area contributed by atoms with Crippen molar-refractivity contribution in [2.24, 2.45) is 0 Å². The lowest BCUT2D eigenvalue weighted by atomic mass is 10.2. The zero-order chi connectivity index (χ0) is 26.1. The Morgan fingerprint density at radius 3 is 2.24 bits per heavy atom. The molecule has 0 unspecified atom stereocenters. The fraction of sp³-hybridized carbons (Fsp3) is 0.400. The summed E-state index contributed by atoms with van der Waals surface area (Å²) in [6, 6.07) is 5.35. The topological polar surface area (TPSA) is 120 Å². The number of nitrogen functional groups attached to an aromatic ring is 1. The van der Waals surface area contributed by atoms with E-state index in [4.69, 9.17) is 5.73 Å². The van der Waals surface area contributed by atoms with Gasteiger partial charge in [-0.2, -0.15) is 15.1 Å². The average Bonchev–Trinajstić information content (AvgIpc) is 3.40. The van der Waals surface area contributed by atoms with Crippen molar-refractivity contribution < 1.29 is 19.0 Å². The van der Waals surface area contributed by atoms with E-state index in [-0.39, 0.29) is 31.4 Å². The summed E-state index contributed by atoms with van der Waals surface area (Å²) in [6.45, 7) is 6.14. The summed E-state index contributed by atoms with van der Waals surface area (Å²) in [5.41, 5.74) is 8.32. The van der Waals surface area contributed by atoms with E-state index in [1.165, 1.54) is 12.1 Å². The molecule has 4 N–H and O–H groups in total. The zero-order valence-corrected chi connectivity index (χ0v) is 21.7. The summed E-state index contributed by atoms with van der Waals surface area (Å²) in [7, 11) is 0. The Morgan fingerprint density at radius 2 is 1.58 bits per heavy atom. The van der Waals surface area contributed by atoms with Gasteiger partial charge < -0.3 is 25.7 Å². The molecule has 38 heavy (non-hydrogen) atoms. The van der Waals surface area contributed by atoms with Crippen molar-refractivity contribution in [3.63, 3.8) is 0 Å². The molecule has 10 nitrogen and oxygen atoms in total. The van der Waals surface area contributed by atoms with Crippen molar-refractivity contribution in [3.8, 4) is 5.82 Å².